The van der Waals surface area contributed by atoms with Gasteiger partial charge >= 0.3 is 12.0 Å². The number of nitrogens with one attached hydrogen (secondary N) is 2. The minimum atomic E-state index is -2.93. The van der Waals surface area contributed by atoms with Gasteiger partial charge in [-0.1, -0.05) is 0 Å². The molecule has 114 valence electrons. The summed E-state index contributed by atoms with van der Waals surface area (Å²) in [6, 6.07) is -0.552. The van der Waals surface area contributed by atoms with Gasteiger partial charge in [0.25, 0.3) is 0 Å². The van der Waals surface area contributed by atoms with Crippen LogP contribution in [0.4, 0.5) is 4.79 Å². The average Bonchev–Trinajstić information content (AvgIpc) is 2.80. The summed E-state index contributed by atoms with van der Waals surface area (Å²) in [6.07, 6.45) is 2.60. The van der Waals surface area contributed by atoms with Crippen molar-refractivity contribution < 1.29 is 23.1 Å². The number of sulfone groups is 1. The van der Waals surface area contributed by atoms with E-state index >= 15 is 0 Å². The minimum Gasteiger partial charge on any atom is -0.481 e. The molecule has 0 bridgehead atoms. The first kappa shape index (κ1) is 15.1. The monoisotopic (exact) mass is 304 g/mol. The number of carboxylic acids is 1. The van der Waals surface area contributed by atoms with Crippen molar-refractivity contribution in [1.82, 2.24) is 10.6 Å². The van der Waals surface area contributed by atoms with Gasteiger partial charge in [0.15, 0.2) is 0 Å². The van der Waals surface area contributed by atoms with E-state index < -0.39 is 15.8 Å². The molecule has 1 heterocycles. The van der Waals surface area contributed by atoms with Gasteiger partial charge in [-0.15, -0.1) is 0 Å². The van der Waals surface area contributed by atoms with Crippen LogP contribution in [0.25, 0.3) is 0 Å². The van der Waals surface area contributed by atoms with Crippen molar-refractivity contribution in [1.29, 1.82) is 0 Å². The molecule has 2 fully saturated rings. The molecule has 2 amide bonds. The Labute approximate surface area is 118 Å². The Balaban J connectivity index is 1.73. The molecule has 0 radical (unpaired) electrons. The third kappa shape index (κ3) is 4.09. The zero-order valence-corrected chi connectivity index (χ0v) is 12.0. The van der Waals surface area contributed by atoms with Crippen molar-refractivity contribution in [3.63, 3.8) is 0 Å². The Morgan fingerprint density at radius 2 is 1.55 bits per heavy atom. The second kappa shape index (κ2) is 5.99. The molecule has 3 N–H and O–H groups in total. The first-order chi connectivity index (χ1) is 9.35. The largest absolute Gasteiger partial charge is 0.481 e. The summed E-state index contributed by atoms with van der Waals surface area (Å²) in [4.78, 5) is 22.6. The summed E-state index contributed by atoms with van der Waals surface area (Å²) < 4.78 is 22.6. The molecule has 2 rings (SSSR count). The predicted octanol–water partition coefficient (Wildman–Crippen LogP) is 0.116. The van der Waals surface area contributed by atoms with Crippen LogP contribution in [0, 0.1) is 5.92 Å². The Morgan fingerprint density at radius 1 is 0.950 bits per heavy atom. The maximum Gasteiger partial charge on any atom is 0.315 e. The van der Waals surface area contributed by atoms with Crippen molar-refractivity contribution in [3.8, 4) is 0 Å². The third-order valence-corrected chi connectivity index (χ3v) is 5.72. The van der Waals surface area contributed by atoms with Crippen molar-refractivity contribution in [3.05, 3.63) is 0 Å². The fourth-order valence-corrected chi connectivity index (χ4v) is 4.28. The highest BCUT2D eigenvalue weighted by atomic mass is 32.2. The van der Waals surface area contributed by atoms with Crippen LogP contribution in [0.3, 0.4) is 0 Å². The number of rotatable bonds is 3. The lowest BCUT2D eigenvalue weighted by atomic mass is 10.1. The van der Waals surface area contributed by atoms with Gasteiger partial charge in [-0.3, -0.25) is 4.79 Å². The lowest BCUT2D eigenvalue weighted by Gasteiger charge is -2.24. The smallest absolute Gasteiger partial charge is 0.315 e. The summed E-state index contributed by atoms with van der Waals surface area (Å²) in [6.45, 7) is 0. The van der Waals surface area contributed by atoms with E-state index in [-0.39, 0.29) is 35.5 Å². The molecule has 20 heavy (non-hydrogen) atoms. The molecule has 0 aromatic heterocycles. The van der Waals surface area contributed by atoms with E-state index in [4.69, 9.17) is 5.11 Å². The number of hydrogen-bond donors (Lipinski definition) is 3. The molecule has 1 saturated heterocycles. The highest BCUT2D eigenvalue weighted by Gasteiger charge is 2.31. The molecule has 2 atom stereocenters. The quantitative estimate of drug-likeness (QED) is 0.685. The third-order valence-electron chi connectivity index (χ3n) is 4.01. The van der Waals surface area contributed by atoms with Crippen molar-refractivity contribution in [2.45, 2.75) is 44.2 Å². The van der Waals surface area contributed by atoms with Gasteiger partial charge in [0.05, 0.1) is 17.4 Å². The first-order valence-corrected chi connectivity index (χ1v) is 8.68. The van der Waals surface area contributed by atoms with Crippen LogP contribution in [0.5, 0.6) is 0 Å². The molecule has 0 aromatic carbocycles. The van der Waals surface area contributed by atoms with Gasteiger partial charge in [0.2, 0.25) is 0 Å². The van der Waals surface area contributed by atoms with E-state index in [1.165, 1.54) is 0 Å². The number of aliphatic carboxylic acids is 1. The van der Waals surface area contributed by atoms with Crippen LogP contribution in [0.15, 0.2) is 0 Å². The van der Waals surface area contributed by atoms with Gasteiger partial charge in [0.1, 0.15) is 9.84 Å². The summed E-state index contributed by atoms with van der Waals surface area (Å²) in [5.41, 5.74) is 0. The van der Waals surface area contributed by atoms with Gasteiger partial charge < -0.3 is 15.7 Å². The van der Waals surface area contributed by atoms with E-state index in [0.717, 1.165) is 0 Å². The van der Waals surface area contributed by atoms with Crippen LogP contribution in [0.2, 0.25) is 0 Å². The van der Waals surface area contributed by atoms with Crippen molar-refractivity contribution >= 4 is 21.8 Å². The van der Waals surface area contributed by atoms with Crippen LogP contribution >= 0.6 is 0 Å². The van der Waals surface area contributed by atoms with E-state index in [0.29, 0.717) is 32.1 Å². The zero-order valence-electron chi connectivity index (χ0n) is 11.2. The number of hydrogen-bond acceptors (Lipinski definition) is 4. The molecule has 0 spiro atoms. The lowest BCUT2D eigenvalue weighted by Crippen LogP contribution is -2.48. The summed E-state index contributed by atoms with van der Waals surface area (Å²) in [5, 5.41) is 14.4. The summed E-state index contributed by atoms with van der Waals surface area (Å²) in [7, 11) is -2.93. The molecular weight excluding hydrogens is 284 g/mol. The van der Waals surface area contributed by atoms with Crippen molar-refractivity contribution in [2.75, 3.05) is 11.5 Å². The Morgan fingerprint density at radius 3 is 2.10 bits per heavy atom. The summed E-state index contributed by atoms with van der Waals surface area (Å²) >= 11 is 0. The van der Waals surface area contributed by atoms with E-state index in [1.54, 1.807) is 0 Å². The topological polar surface area (TPSA) is 113 Å². The van der Waals surface area contributed by atoms with Crippen LogP contribution in [-0.4, -0.2) is 49.1 Å². The molecular formula is C12H20N2O5S. The van der Waals surface area contributed by atoms with E-state index in [9.17, 15) is 18.0 Å². The first-order valence-electron chi connectivity index (χ1n) is 6.86. The van der Waals surface area contributed by atoms with E-state index in [1.807, 2.05) is 0 Å². The minimum absolute atomic E-state index is 0.108. The van der Waals surface area contributed by atoms with Crippen LogP contribution in [0.1, 0.15) is 32.1 Å². The fourth-order valence-electron chi connectivity index (χ4n) is 2.78. The number of urea groups is 1. The predicted molar refractivity (Wildman–Crippen MR) is 72.1 cm³/mol. The number of amides is 2. The van der Waals surface area contributed by atoms with Gasteiger partial charge in [-0.05, 0) is 32.1 Å². The second-order valence-electron chi connectivity index (χ2n) is 5.59. The highest BCUT2D eigenvalue weighted by molar-refractivity contribution is 7.91. The standard InChI is InChI=1S/C12H20N2O5S/c15-11(16)8-1-2-10(7-8)14-12(17)13-9-3-5-20(18,19)6-4-9/h8-10H,1-7H2,(H,15,16)(H2,13,14,17). The van der Waals surface area contributed by atoms with Crippen molar-refractivity contribution in [2.24, 2.45) is 5.92 Å². The maximum atomic E-state index is 11.8. The van der Waals surface area contributed by atoms with Crippen LogP contribution < -0.4 is 10.6 Å². The number of carbonyl (C=O) groups is 2. The Bertz CT molecular complexity index is 476. The molecule has 1 aliphatic heterocycles. The fraction of sp³-hybridized carbons (Fsp3) is 0.833. The number of carboxylic acid groups (broad SMARTS) is 1. The van der Waals surface area contributed by atoms with Crippen LogP contribution in [-0.2, 0) is 14.6 Å². The van der Waals surface area contributed by atoms with E-state index in [2.05, 4.69) is 10.6 Å². The van der Waals surface area contributed by atoms with Gasteiger partial charge in [-0.25, -0.2) is 13.2 Å². The molecule has 2 unspecified atom stereocenters. The molecule has 2 aliphatic rings. The SMILES string of the molecule is O=C(NC1CCS(=O)(=O)CC1)NC1CCC(C(=O)O)C1. The zero-order chi connectivity index (χ0) is 14.8. The highest BCUT2D eigenvalue weighted by Crippen LogP contribution is 2.25. The van der Waals surface area contributed by atoms with Gasteiger partial charge in [0, 0.05) is 12.1 Å². The second-order valence-corrected chi connectivity index (χ2v) is 7.89. The van der Waals surface area contributed by atoms with Gasteiger partial charge in [-0.2, -0.15) is 0 Å². The maximum absolute atomic E-state index is 11.8. The molecule has 0 aromatic rings. The molecule has 1 aliphatic carbocycles. The Hall–Kier alpha value is -1.31. The number of carbonyl (C=O) groups excluding carboxylic acids is 1. The normalized spacial score (nSPS) is 29.8. The molecule has 8 heteroatoms. The Kier molecular flexibility index (Phi) is 4.52. The average molecular weight is 304 g/mol. The lowest BCUT2D eigenvalue weighted by molar-refractivity contribution is -0.141. The molecule has 1 saturated carbocycles. The molecule has 7 nitrogen and oxygen atoms in total. The summed E-state index contributed by atoms with van der Waals surface area (Å²) in [5.74, 6) is -0.961.